The molecular weight excluding hydrogens is 358 g/mol. The van der Waals surface area contributed by atoms with Gasteiger partial charge in [0.2, 0.25) is 5.43 Å². The molecule has 0 atom stereocenters. The van der Waals surface area contributed by atoms with Crippen LogP contribution in [-0.4, -0.2) is 23.2 Å². The van der Waals surface area contributed by atoms with Crippen LogP contribution in [0.3, 0.4) is 0 Å². The number of rotatable bonds is 2. The van der Waals surface area contributed by atoms with Crippen molar-refractivity contribution in [3.8, 4) is 11.5 Å². The molecule has 6 heteroatoms. The molecule has 0 unspecified atom stereocenters. The molecule has 28 heavy (non-hydrogen) atoms. The second-order valence-corrected chi connectivity index (χ2v) is 7.33. The van der Waals surface area contributed by atoms with E-state index in [1.807, 2.05) is 43.7 Å². The minimum absolute atomic E-state index is 0.115. The Morgan fingerprint density at radius 1 is 1.21 bits per heavy atom. The van der Waals surface area contributed by atoms with Crippen molar-refractivity contribution in [3.63, 3.8) is 0 Å². The van der Waals surface area contributed by atoms with E-state index in [1.54, 1.807) is 18.2 Å². The Kier molecular flexibility index (Phi) is 3.96. The van der Waals surface area contributed by atoms with Gasteiger partial charge >= 0.3 is 5.97 Å². The second-order valence-electron chi connectivity index (χ2n) is 7.33. The third-order valence-corrected chi connectivity index (χ3v) is 5.05. The van der Waals surface area contributed by atoms with E-state index < -0.39 is 11.6 Å². The van der Waals surface area contributed by atoms with E-state index in [9.17, 15) is 9.59 Å². The molecule has 0 bridgehead atoms. The number of aryl methyl sites for hydroxylation is 1. The van der Waals surface area contributed by atoms with Crippen LogP contribution in [-0.2, 0) is 16.6 Å². The molecule has 3 aromatic rings. The number of carbonyl (C=O) groups excluding carboxylic acids is 1. The van der Waals surface area contributed by atoms with Gasteiger partial charge in [0.1, 0.15) is 11.5 Å². The lowest BCUT2D eigenvalue weighted by molar-refractivity contribution is -0.139. The van der Waals surface area contributed by atoms with Crippen LogP contribution in [0.25, 0.3) is 27.9 Å². The Labute approximate surface area is 161 Å². The van der Waals surface area contributed by atoms with Crippen molar-refractivity contribution >= 4 is 33.9 Å². The number of ether oxygens (including phenoxy) is 3. The Morgan fingerprint density at radius 3 is 2.61 bits per heavy atom. The molecule has 0 fully saturated rings. The fourth-order valence-electron chi connectivity index (χ4n) is 3.74. The normalized spacial score (nSPS) is 15.0. The molecule has 0 radical (unpaired) electrons. The van der Waals surface area contributed by atoms with Gasteiger partial charge in [0.05, 0.1) is 23.5 Å². The number of carbonyl (C=O) groups is 1. The third-order valence-electron chi connectivity index (χ3n) is 5.05. The minimum Gasteiger partial charge on any atom is -0.496 e. The van der Waals surface area contributed by atoms with Crippen molar-refractivity contribution in [2.75, 3.05) is 7.11 Å². The van der Waals surface area contributed by atoms with Crippen molar-refractivity contribution in [2.24, 2.45) is 7.05 Å². The highest BCUT2D eigenvalue weighted by Gasteiger charge is 2.35. The van der Waals surface area contributed by atoms with Gasteiger partial charge in [0.15, 0.2) is 11.4 Å². The lowest BCUT2D eigenvalue weighted by atomic mass is 9.96. The molecule has 0 saturated carbocycles. The fraction of sp³-hybridized carbons (Fsp3) is 0.273. The number of methoxy groups -OCH3 is 1. The number of benzene rings is 2. The van der Waals surface area contributed by atoms with E-state index in [0.717, 1.165) is 5.52 Å². The summed E-state index contributed by atoms with van der Waals surface area (Å²) in [6, 6.07) is 9.14. The van der Waals surface area contributed by atoms with Crippen molar-refractivity contribution in [2.45, 2.75) is 26.4 Å². The number of pyridine rings is 1. The zero-order chi connectivity index (χ0) is 20.2. The molecule has 0 spiro atoms. The summed E-state index contributed by atoms with van der Waals surface area (Å²) in [6.45, 7) is 4.99. The van der Waals surface area contributed by atoms with E-state index in [-0.39, 0.29) is 5.43 Å². The molecule has 1 aromatic heterocycles. The van der Waals surface area contributed by atoms with Gasteiger partial charge in [0, 0.05) is 31.0 Å². The SMILES string of the molecule is COc1cc2c(c3c1c(=O)c1ccccc1n3C)C=C(OC(C)=O)C(C)(C)O2. The highest BCUT2D eigenvalue weighted by atomic mass is 16.6. The van der Waals surface area contributed by atoms with Crippen molar-refractivity contribution in [1.82, 2.24) is 4.57 Å². The summed E-state index contributed by atoms with van der Waals surface area (Å²) in [5.74, 6) is 0.971. The molecule has 2 aromatic carbocycles. The maximum Gasteiger partial charge on any atom is 0.307 e. The van der Waals surface area contributed by atoms with Gasteiger partial charge in [-0.25, -0.2) is 0 Å². The van der Waals surface area contributed by atoms with Crippen molar-refractivity contribution < 1.29 is 19.0 Å². The second kappa shape index (κ2) is 6.12. The highest BCUT2D eigenvalue weighted by molar-refractivity contribution is 6.02. The largest absolute Gasteiger partial charge is 0.496 e. The topological polar surface area (TPSA) is 66.8 Å². The van der Waals surface area contributed by atoms with Gasteiger partial charge in [0.25, 0.3) is 0 Å². The molecule has 0 aliphatic carbocycles. The summed E-state index contributed by atoms with van der Waals surface area (Å²) in [7, 11) is 3.42. The number of aromatic nitrogens is 1. The fourth-order valence-corrected chi connectivity index (χ4v) is 3.74. The summed E-state index contributed by atoms with van der Waals surface area (Å²) < 4.78 is 19.0. The lowest BCUT2D eigenvalue weighted by Crippen LogP contribution is -2.35. The monoisotopic (exact) mass is 379 g/mol. The van der Waals surface area contributed by atoms with Crippen molar-refractivity contribution in [1.29, 1.82) is 0 Å². The first-order valence-corrected chi connectivity index (χ1v) is 8.96. The smallest absolute Gasteiger partial charge is 0.307 e. The first-order valence-electron chi connectivity index (χ1n) is 8.96. The maximum absolute atomic E-state index is 13.3. The van der Waals surface area contributed by atoms with Gasteiger partial charge in [-0.15, -0.1) is 0 Å². The predicted molar refractivity (Wildman–Crippen MR) is 108 cm³/mol. The Morgan fingerprint density at radius 2 is 1.93 bits per heavy atom. The summed E-state index contributed by atoms with van der Waals surface area (Å²) in [6.07, 6.45) is 1.77. The average Bonchev–Trinajstić information content (AvgIpc) is 2.65. The van der Waals surface area contributed by atoms with E-state index in [0.29, 0.717) is 39.1 Å². The van der Waals surface area contributed by atoms with Crippen LogP contribution in [0.4, 0.5) is 0 Å². The Balaban J connectivity index is 2.19. The molecule has 0 amide bonds. The standard InChI is InChI=1S/C22H21NO5/c1-12(24)27-18-10-14-16(28-22(18,2)3)11-17(26-5)19-20(14)23(4)15-9-7-6-8-13(15)21(19)25/h6-11H,1-5H3. The minimum atomic E-state index is -0.840. The molecule has 4 rings (SSSR count). The first-order chi connectivity index (χ1) is 13.2. The number of hydrogen-bond acceptors (Lipinski definition) is 5. The van der Waals surface area contributed by atoms with E-state index in [1.165, 1.54) is 14.0 Å². The molecule has 144 valence electrons. The number of para-hydroxylation sites is 1. The summed E-state index contributed by atoms with van der Waals surface area (Å²) >= 11 is 0. The molecule has 2 heterocycles. The van der Waals surface area contributed by atoms with Crippen LogP contribution in [0.1, 0.15) is 26.3 Å². The van der Waals surface area contributed by atoms with Gasteiger partial charge in [-0.05, 0) is 32.1 Å². The highest BCUT2D eigenvalue weighted by Crippen LogP contribution is 2.43. The van der Waals surface area contributed by atoms with Gasteiger partial charge in [-0.1, -0.05) is 12.1 Å². The molecule has 0 saturated heterocycles. The molecule has 6 nitrogen and oxygen atoms in total. The average molecular weight is 379 g/mol. The molecular formula is C22H21NO5. The third kappa shape index (κ3) is 2.56. The predicted octanol–water partition coefficient (Wildman–Crippen LogP) is 3.78. The van der Waals surface area contributed by atoms with E-state index in [2.05, 4.69) is 0 Å². The van der Waals surface area contributed by atoms with Gasteiger partial charge in [-0.3, -0.25) is 9.59 Å². The van der Waals surface area contributed by atoms with Crippen LogP contribution in [0.15, 0.2) is 40.9 Å². The Hall–Kier alpha value is -3.28. The number of fused-ring (bicyclic) bond motifs is 4. The first kappa shape index (κ1) is 18.1. The summed E-state index contributed by atoms with van der Waals surface area (Å²) in [5, 5.41) is 1.07. The van der Waals surface area contributed by atoms with E-state index in [4.69, 9.17) is 14.2 Å². The van der Waals surface area contributed by atoms with Crippen LogP contribution >= 0.6 is 0 Å². The molecule has 0 N–H and O–H groups in total. The molecule has 1 aliphatic heterocycles. The lowest BCUT2D eigenvalue weighted by Gasteiger charge is -2.33. The van der Waals surface area contributed by atoms with Crippen LogP contribution in [0, 0.1) is 0 Å². The Bertz CT molecular complexity index is 1230. The van der Waals surface area contributed by atoms with Gasteiger partial charge in [-0.2, -0.15) is 0 Å². The number of esters is 1. The zero-order valence-electron chi connectivity index (χ0n) is 16.5. The number of hydrogen-bond donors (Lipinski definition) is 0. The van der Waals surface area contributed by atoms with Crippen LogP contribution < -0.4 is 14.9 Å². The van der Waals surface area contributed by atoms with Crippen molar-refractivity contribution in [3.05, 3.63) is 51.9 Å². The van der Waals surface area contributed by atoms with Crippen LogP contribution in [0.2, 0.25) is 0 Å². The summed E-state index contributed by atoms with van der Waals surface area (Å²) in [5.41, 5.74) is 1.18. The zero-order valence-corrected chi connectivity index (χ0v) is 16.5. The van der Waals surface area contributed by atoms with Crippen LogP contribution in [0.5, 0.6) is 11.5 Å². The van der Waals surface area contributed by atoms with Gasteiger partial charge < -0.3 is 18.8 Å². The summed E-state index contributed by atoms with van der Waals surface area (Å²) in [4.78, 5) is 24.8. The number of nitrogens with zero attached hydrogens (tertiary/aromatic N) is 1. The maximum atomic E-state index is 13.3. The van der Waals surface area contributed by atoms with E-state index >= 15 is 0 Å². The quantitative estimate of drug-likeness (QED) is 0.501. The molecule has 1 aliphatic rings.